The van der Waals surface area contributed by atoms with Gasteiger partial charge in [0.1, 0.15) is 11.9 Å². The lowest BCUT2D eigenvalue weighted by Gasteiger charge is -2.25. The van der Waals surface area contributed by atoms with E-state index in [1.807, 2.05) is 30.5 Å². The molecule has 1 aromatic heterocycles. The zero-order valence-corrected chi connectivity index (χ0v) is 14.0. The van der Waals surface area contributed by atoms with Crippen molar-refractivity contribution in [1.29, 1.82) is 0 Å². The monoisotopic (exact) mass is 338 g/mol. The topological polar surface area (TPSA) is 34.1 Å². The quantitative estimate of drug-likeness (QED) is 0.753. The molecule has 2 aromatic carbocycles. The molecule has 3 nitrogen and oxygen atoms in total. The molecule has 0 bridgehead atoms. The van der Waals surface area contributed by atoms with Crippen LogP contribution in [0.25, 0.3) is 10.8 Å². The molecule has 0 radical (unpaired) electrons. The van der Waals surface area contributed by atoms with Crippen molar-refractivity contribution in [2.24, 2.45) is 5.92 Å². The zero-order chi connectivity index (χ0) is 16.4. The van der Waals surface area contributed by atoms with Gasteiger partial charge in [0.05, 0.1) is 5.02 Å². The van der Waals surface area contributed by atoms with E-state index in [1.54, 1.807) is 6.20 Å². The summed E-state index contributed by atoms with van der Waals surface area (Å²) >= 11 is 6.14. The molecule has 1 unspecified atom stereocenters. The molecule has 3 aromatic rings. The van der Waals surface area contributed by atoms with Gasteiger partial charge in [-0.25, -0.2) is 0 Å². The molecular formula is C20H19ClN2O. The van der Waals surface area contributed by atoms with Gasteiger partial charge in [0.15, 0.2) is 0 Å². The lowest BCUT2D eigenvalue weighted by Crippen LogP contribution is -2.21. The first-order valence-corrected chi connectivity index (χ1v) is 8.64. The zero-order valence-electron chi connectivity index (χ0n) is 13.3. The highest BCUT2D eigenvalue weighted by Gasteiger charge is 2.28. The summed E-state index contributed by atoms with van der Waals surface area (Å²) < 4.78 is 6.41. The lowest BCUT2D eigenvalue weighted by atomic mass is 9.96. The van der Waals surface area contributed by atoms with Gasteiger partial charge < -0.3 is 10.1 Å². The number of hydrogen-bond donors (Lipinski definition) is 1. The van der Waals surface area contributed by atoms with E-state index in [0.29, 0.717) is 10.9 Å². The van der Waals surface area contributed by atoms with Crippen molar-refractivity contribution in [3.05, 3.63) is 71.5 Å². The van der Waals surface area contributed by atoms with Gasteiger partial charge in [0, 0.05) is 30.4 Å². The fourth-order valence-corrected chi connectivity index (χ4v) is 3.53. The summed E-state index contributed by atoms with van der Waals surface area (Å²) in [4.78, 5) is 4.24. The van der Waals surface area contributed by atoms with Crippen LogP contribution < -0.4 is 10.1 Å². The molecular weight excluding hydrogens is 320 g/mol. The summed E-state index contributed by atoms with van der Waals surface area (Å²) in [5, 5.41) is 6.46. The third-order valence-corrected chi connectivity index (χ3v) is 4.77. The van der Waals surface area contributed by atoms with Crippen LogP contribution >= 0.6 is 11.6 Å². The molecule has 1 saturated heterocycles. The molecule has 24 heavy (non-hydrogen) atoms. The third-order valence-electron chi connectivity index (χ3n) is 4.57. The van der Waals surface area contributed by atoms with Crippen LogP contribution in [-0.4, -0.2) is 18.1 Å². The first-order valence-electron chi connectivity index (χ1n) is 8.26. The summed E-state index contributed by atoms with van der Waals surface area (Å²) in [5.41, 5.74) is 1.03. The number of aromatic nitrogens is 1. The van der Waals surface area contributed by atoms with E-state index < -0.39 is 0 Å². The molecule has 1 aliphatic rings. The van der Waals surface area contributed by atoms with Crippen LogP contribution in [0.15, 0.2) is 60.9 Å². The summed E-state index contributed by atoms with van der Waals surface area (Å²) in [6.07, 6.45) is 4.55. The molecule has 0 spiro atoms. The van der Waals surface area contributed by atoms with Crippen molar-refractivity contribution < 1.29 is 4.74 Å². The minimum absolute atomic E-state index is 0.0487. The number of rotatable bonds is 4. The SMILES string of the molecule is Clc1cncc(C(Oc2ccc3ccccc3c2)[C@H]2CCNC2)c1. The van der Waals surface area contributed by atoms with E-state index >= 15 is 0 Å². The Hall–Kier alpha value is -2.10. The van der Waals surface area contributed by atoms with E-state index in [-0.39, 0.29) is 6.10 Å². The van der Waals surface area contributed by atoms with Gasteiger partial charge in [0.2, 0.25) is 0 Å². The van der Waals surface area contributed by atoms with Crippen LogP contribution in [0.3, 0.4) is 0 Å². The predicted molar refractivity (Wildman–Crippen MR) is 97.5 cm³/mol. The van der Waals surface area contributed by atoms with Gasteiger partial charge in [0.25, 0.3) is 0 Å². The van der Waals surface area contributed by atoms with Crippen molar-refractivity contribution in [2.45, 2.75) is 12.5 Å². The molecule has 1 aliphatic heterocycles. The second-order valence-corrected chi connectivity index (χ2v) is 6.67. The van der Waals surface area contributed by atoms with E-state index in [9.17, 15) is 0 Å². The van der Waals surface area contributed by atoms with Crippen molar-refractivity contribution >= 4 is 22.4 Å². The number of hydrogen-bond acceptors (Lipinski definition) is 3. The second-order valence-electron chi connectivity index (χ2n) is 6.24. The lowest BCUT2D eigenvalue weighted by molar-refractivity contribution is 0.144. The van der Waals surface area contributed by atoms with E-state index in [4.69, 9.17) is 16.3 Å². The Morgan fingerprint density at radius 2 is 1.96 bits per heavy atom. The summed E-state index contributed by atoms with van der Waals surface area (Å²) in [6.45, 7) is 1.97. The van der Waals surface area contributed by atoms with Gasteiger partial charge in [-0.1, -0.05) is 41.9 Å². The van der Waals surface area contributed by atoms with Crippen molar-refractivity contribution in [3.8, 4) is 5.75 Å². The molecule has 2 atom stereocenters. The summed E-state index contributed by atoms with van der Waals surface area (Å²) in [5.74, 6) is 1.29. The maximum Gasteiger partial charge on any atom is 0.129 e. The maximum atomic E-state index is 6.41. The predicted octanol–water partition coefficient (Wildman–Crippen LogP) is 4.62. The Bertz CT molecular complexity index is 846. The Labute approximate surface area is 146 Å². The number of halogens is 1. The van der Waals surface area contributed by atoms with E-state index in [0.717, 1.165) is 30.8 Å². The van der Waals surface area contributed by atoms with Crippen molar-refractivity contribution in [2.75, 3.05) is 13.1 Å². The Morgan fingerprint density at radius 3 is 2.75 bits per heavy atom. The van der Waals surface area contributed by atoms with Crippen LogP contribution in [-0.2, 0) is 0 Å². The standard InChI is InChI=1S/C20H19ClN2O/c21-18-9-17(12-23-13-18)20(16-7-8-22-11-16)24-19-6-5-14-3-1-2-4-15(14)10-19/h1-6,9-10,12-13,16,20,22H,7-8,11H2/t16-,20?/m0/s1. The first-order chi connectivity index (χ1) is 11.8. The molecule has 4 rings (SSSR count). The molecule has 1 fully saturated rings. The molecule has 2 heterocycles. The highest BCUT2D eigenvalue weighted by atomic mass is 35.5. The third kappa shape index (κ3) is 3.23. The Morgan fingerprint density at radius 1 is 1.08 bits per heavy atom. The number of pyridine rings is 1. The van der Waals surface area contributed by atoms with Crippen LogP contribution in [0, 0.1) is 5.92 Å². The highest BCUT2D eigenvalue weighted by molar-refractivity contribution is 6.30. The fourth-order valence-electron chi connectivity index (χ4n) is 3.34. The normalized spacial score (nSPS) is 18.6. The van der Waals surface area contributed by atoms with Crippen LogP contribution in [0.2, 0.25) is 5.02 Å². The number of benzene rings is 2. The van der Waals surface area contributed by atoms with Crippen LogP contribution in [0.4, 0.5) is 0 Å². The summed E-state index contributed by atoms with van der Waals surface area (Å²) in [7, 11) is 0. The van der Waals surface area contributed by atoms with Gasteiger partial charge in [-0.3, -0.25) is 4.98 Å². The smallest absolute Gasteiger partial charge is 0.129 e. The van der Waals surface area contributed by atoms with Crippen molar-refractivity contribution in [3.63, 3.8) is 0 Å². The van der Waals surface area contributed by atoms with Gasteiger partial charge in [-0.05, 0) is 41.9 Å². The minimum Gasteiger partial charge on any atom is -0.485 e. The Balaban J connectivity index is 1.67. The average molecular weight is 339 g/mol. The van der Waals surface area contributed by atoms with Crippen LogP contribution in [0.5, 0.6) is 5.75 Å². The summed E-state index contributed by atoms with van der Waals surface area (Å²) in [6, 6.07) is 16.5. The average Bonchev–Trinajstić information content (AvgIpc) is 3.14. The van der Waals surface area contributed by atoms with Crippen LogP contribution in [0.1, 0.15) is 18.1 Å². The molecule has 1 N–H and O–H groups in total. The molecule has 0 saturated carbocycles. The van der Waals surface area contributed by atoms with E-state index in [1.165, 1.54) is 10.8 Å². The highest BCUT2D eigenvalue weighted by Crippen LogP contribution is 2.33. The number of ether oxygens (including phenoxy) is 1. The van der Waals surface area contributed by atoms with Gasteiger partial charge in [-0.2, -0.15) is 0 Å². The second kappa shape index (κ2) is 6.80. The molecule has 0 aliphatic carbocycles. The van der Waals surface area contributed by atoms with Crippen molar-refractivity contribution in [1.82, 2.24) is 10.3 Å². The number of nitrogens with zero attached hydrogens (tertiary/aromatic N) is 1. The molecule has 0 amide bonds. The largest absolute Gasteiger partial charge is 0.485 e. The van der Waals surface area contributed by atoms with Gasteiger partial charge in [-0.15, -0.1) is 0 Å². The minimum atomic E-state index is -0.0487. The molecule has 4 heteroatoms. The van der Waals surface area contributed by atoms with Gasteiger partial charge >= 0.3 is 0 Å². The number of fused-ring (bicyclic) bond motifs is 1. The van der Waals surface area contributed by atoms with E-state index in [2.05, 4.69) is 34.6 Å². The fraction of sp³-hybridized carbons (Fsp3) is 0.250. The molecule has 122 valence electrons. The Kier molecular flexibility index (Phi) is 4.37. The first kappa shape index (κ1) is 15.4. The number of nitrogens with one attached hydrogen (secondary N) is 1. The maximum absolute atomic E-state index is 6.41.